The lowest BCUT2D eigenvalue weighted by atomic mass is 9.89. The summed E-state index contributed by atoms with van der Waals surface area (Å²) in [4.78, 5) is 0. The highest BCUT2D eigenvalue weighted by molar-refractivity contribution is 5.10. The lowest BCUT2D eigenvalue weighted by molar-refractivity contribution is -0.436. The van der Waals surface area contributed by atoms with E-state index in [1.807, 2.05) is 0 Å². The van der Waals surface area contributed by atoms with Crippen molar-refractivity contribution in [2.24, 2.45) is 11.8 Å². The molecule has 7 N–H and O–H groups in total. The summed E-state index contributed by atoms with van der Waals surface area (Å²) in [6.07, 6.45) is -10.8. The van der Waals surface area contributed by atoms with E-state index in [2.05, 4.69) is 0 Å². The minimum Gasteiger partial charge on any atom is -0.394 e. The number of rotatable bonds is 5. The Morgan fingerprint density at radius 3 is 2.20 bits per heavy atom. The van der Waals surface area contributed by atoms with Gasteiger partial charge < -0.3 is 54.7 Å². The fraction of sp³-hybridized carbons (Fsp3) is 1.00. The zero-order valence-electron chi connectivity index (χ0n) is 13.5. The van der Waals surface area contributed by atoms with Gasteiger partial charge in [0.05, 0.1) is 37.3 Å². The highest BCUT2D eigenvalue weighted by Gasteiger charge is 2.71. The predicted octanol–water partition coefficient (Wildman–Crippen LogP) is -4.54. The van der Waals surface area contributed by atoms with Crippen LogP contribution in [0.15, 0.2) is 0 Å². The van der Waals surface area contributed by atoms with Crippen molar-refractivity contribution in [3.8, 4) is 0 Å². The van der Waals surface area contributed by atoms with Crippen molar-refractivity contribution < 1.29 is 54.7 Å². The van der Waals surface area contributed by atoms with Crippen LogP contribution in [0.25, 0.3) is 0 Å². The van der Waals surface area contributed by atoms with Gasteiger partial charge in [-0.05, 0) is 0 Å². The van der Waals surface area contributed by atoms with E-state index in [0.717, 1.165) is 0 Å². The van der Waals surface area contributed by atoms with Gasteiger partial charge in [0, 0.05) is 7.11 Å². The van der Waals surface area contributed by atoms with Crippen molar-refractivity contribution in [3.63, 3.8) is 0 Å². The first-order chi connectivity index (χ1) is 11.8. The molecule has 0 bridgehead atoms. The van der Waals surface area contributed by atoms with Crippen LogP contribution >= 0.6 is 0 Å². The lowest BCUT2D eigenvalue weighted by Crippen LogP contribution is -2.64. The molecule has 11 heteroatoms. The second-order valence-corrected chi connectivity index (χ2v) is 6.62. The SMILES string of the molecule is CO[C@H]1OC2(O)C1C(O)[C@H](O)C2CO[C@H]1OC(CO)[C@@H](O)C(O)C1O. The maximum Gasteiger partial charge on any atom is 0.186 e. The molecule has 2 saturated heterocycles. The summed E-state index contributed by atoms with van der Waals surface area (Å²) in [6, 6.07) is 0. The molecule has 1 saturated carbocycles. The average Bonchev–Trinajstić information content (AvgIpc) is 2.71. The summed E-state index contributed by atoms with van der Waals surface area (Å²) in [6.45, 7) is -0.995. The van der Waals surface area contributed by atoms with Gasteiger partial charge in [-0.15, -0.1) is 0 Å². The third-order valence-corrected chi connectivity index (χ3v) is 5.26. The monoisotopic (exact) mass is 368 g/mol. The molecule has 11 nitrogen and oxygen atoms in total. The largest absolute Gasteiger partial charge is 0.394 e. The highest BCUT2D eigenvalue weighted by Crippen LogP contribution is 2.53. The second-order valence-electron chi connectivity index (χ2n) is 6.62. The second kappa shape index (κ2) is 6.94. The van der Waals surface area contributed by atoms with E-state index in [0.29, 0.717) is 0 Å². The van der Waals surface area contributed by atoms with E-state index in [-0.39, 0.29) is 6.61 Å². The molecule has 1 aliphatic carbocycles. The summed E-state index contributed by atoms with van der Waals surface area (Å²) in [5, 5.41) is 69.2. The smallest absolute Gasteiger partial charge is 0.186 e. The molecule has 2 aliphatic heterocycles. The molecule has 146 valence electrons. The zero-order valence-corrected chi connectivity index (χ0v) is 13.5. The van der Waals surface area contributed by atoms with E-state index in [9.17, 15) is 30.6 Å². The van der Waals surface area contributed by atoms with Gasteiger partial charge in [-0.25, -0.2) is 0 Å². The Hall–Kier alpha value is -0.440. The van der Waals surface area contributed by atoms with Crippen molar-refractivity contribution in [2.45, 2.75) is 55.0 Å². The molecule has 25 heavy (non-hydrogen) atoms. The van der Waals surface area contributed by atoms with Crippen LogP contribution in [0.2, 0.25) is 0 Å². The van der Waals surface area contributed by atoms with Gasteiger partial charge in [0.1, 0.15) is 24.4 Å². The van der Waals surface area contributed by atoms with Gasteiger partial charge in [0.25, 0.3) is 0 Å². The summed E-state index contributed by atoms with van der Waals surface area (Å²) >= 11 is 0. The number of fused-ring (bicyclic) bond motifs is 1. The predicted molar refractivity (Wildman–Crippen MR) is 75.5 cm³/mol. The minimum absolute atomic E-state index is 0.385. The Morgan fingerprint density at radius 1 is 0.920 bits per heavy atom. The number of aliphatic hydroxyl groups excluding tert-OH is 6. The molecule has 3 rings (SSSR count). The van der Waals surface area contributed by atoms with Crippen LogP contribution in [0, 0.1) is 11.8 Å². The number of hydrogen-bond acceptors (Lipinski definition) is 11. The van der Waals surface area contributed by atoms with Crippen LogP contribution in [0.5, 0.6) is 0 Å². The summed E-state index contributed by atoms with van der Waals surface area (Å²) < 4.78 is 20.7. The molecule has 0 aromatic rings. The van der Waals surface area contributed by atoms with Crippen LogP contribution in [-0.2, 0) is 18.9 Å². The fourth-order valence-electron chi connectivity index (χ4n) is 3.71. The van der Waals surface area contributed by atoms with Crippen LogP contribution < -0.4 is 0 Å². The molecule has 7 unspecified atom stereocenters. The van der Waals surface area contributed by atoms with Crippen LogP contribution in [0.4, 0.5) is 0 Å². The summed E-state index contributed by atoms with van der Waals surface area (Å²) in [5.74, 6) is -3.80. The third-order valence-electron chi connectivity index (χ3n) is 5.26. The van der Waals surface area contributed by atoms with Crippen molar-refractivity contribution in [1.82, 2.24) is 0 Å². The van der Waals surface area contributed by atoms with E-state index < -0.39 is 73.4 Å². The molecular weight excluding hydrogens is 344 g/mol. The van der Waals surface area contributed by atoms with Gasteiger partial charge in [0.15, 0.2) is 18.4 Å². The number of hydrogen-bond donors (Lipinski definition) is 7. The maximum absolute atomic E-state index is 10.5. The van der Waals surface area contributed by atoms with Crippen molar-refractivity contribution in [1.29, 1.82) is 0 Å². The topological polar surface area (TPSA) is 179 Å². The van der Waals surface area contributed by atoms with Crippen LogP contribution in [-0.4, -0.2) is 111 Å². The number of aliphatic hydroxyl groups is 7. The van der Waals surface area contributed by atoms with Gasteiger partial charge in [0.2, 0.25) is 0 Å². The zero-order chi connectivity index (χ0) is 18.5. The molecule has 0 amide bonds. The molecule has 0 spiro atoms. The summed E-state index contributed by atoms with van der Waals surface area (Å²) in [7, 11) is 1.33. The van der Waals surface area contributed by atoms with Gasteiger partial charge in [-0.1, -0.05) is 0 Å². The van der Waals surface area contributed by atoms with E-state index in [4.69, 9.17) is 24.1 Å². The molecule has 3 aliphatic rings. The molecule has 11 atom stereocenters. The number of ether oxygens (including phenoxy) is 4. The van der Waals surface area contributed by atoms with Crippen molar-refractivity contribution >= 4 is 0 Å². The first-order valence-corrected chi connectivity index (χ1v) is 7.97. The van der Waals surface area contributed by atoms with Crippen LogP contribution in [0.3, 0.4) is 0 Å². The standard InChI is InChI=1S/C14H24O11/c1-22-12-6-9(18)7(16)4(14(6,21)25-12)3-23-13-11(20)10(19)8(17)5(2-15)24-13/h4-13,15-21H,2-3H2,1H3/t4?,5?,6?,7-,8-,9?,10?,11?,12+,13+,14?/m1/s1. The Morgan fingerprint density at radius 2 is 1.60 bits per heavy atom. The lowest BCUT2D eigenvalue weighted by Gasteiger charge is -2.49. The molecule has 0 aromatic carbocycles. The first-order valence-electron chi connectivity index (χ1n) is 7.97. The van der Waals surface area contributed by atoms with Crippen molar-refractivity contribution in [3.05, 3.63) is 0 Å². The van der Waals surface area contributed by atoms with Gasteiger partial charge >= 0.3 is 0 Å². The minimum atomic E-state index is -1.87. The molecular formula is C14H24O11. The van der Waals surface area contributed by atoms with E-state index in [1.54, 1.807) is 0 Å². The van der Waals surface area contributed by atoms with E-state index in [1.165, 1.54) is 7.11 Å². The van der Waals surface area contributed by atoms with Crippen LogP contribution in [0.1, 0.15) is 0 Å². The fourth-order valence-corrected chi connectivity index (χ4v) is 3.71. The van der Waals surface area contributed by atoms with Crippen molar-refractivity contribution in [2.75, 3.05) is 20.3 Å². The maximum atomic E-state index is 10.5. The molecule has 0 aromatic heterocycles. The molecule has 3 fully saturated rings. The average molecular weight is 368 g/mol. The first kappa shape index (κ1) is 19.3. The Labute approximate surface area is 142 Å². The summed E-state index contributed by atoms with van der Waals surface area (Å²) in [5.41, 5.74) is 0. The Kier molecular flexibility index (Phi) is 5.37. The molecule has 2 heterocycles. The Bertz CT molecular complexity index is 476. The normalized spacial score (nSPS) is 55.7. The molecule has 0 radical (unpaired) electrons. The van der Waals surface area contributed by atoms with Gasteiger partial charge in [-0.2, -0.15) is 0 Å². The quantitative estimate of drug-likeness (QED) is 0.248. The number of methoxy groups -OCH3 is 1. The highest BCUT2D eigenvalue weighted by atomic mass is 16.8. The third kappa shape index (κ3) is 2.89. The van der Waals surface area contributed by atoms with Gasteiger partial charge in [-0.3, -0.25) is 0 Å². The van der Waals surface area contributed by atoms with E-state index >= 15 is 0 Å². The Balaban J connectivity index is 1.65.